The molecule has 1 aromatic heterocycles. The van der Waals surface area contributed by atoms with Gasteiger partial charge in [-0.25, -0.2) is 4.98 Å². The fourth-order valence-electron chi connectivity index (χ4n) is 3.50. The van der Waals surface area contributed by atoms with Crippen molar-refractivity contribution >= 4 is 17.7 Å². The van der Waals surface area contributed by atoms with Crippen LogP contribution in [0.15, 0.2) is 66.9 Å². The number of nitrogens with zero attached hydrogens (tertiary/aromatic N) is 3. The molecule has 0 saturated heterocycles. The first-order valence-electron chi connectivity index (χ1n) is 10.2. The van der Waals surface area contributed by atoms with E-state index in [4.69, 9.17) is 0 Å². The van der Waals surface area contributed by atoms with Gasteiger partial charge in [-0.2, -0.15) is 4.98 Å². The quantitative estimate of drug-likeness (QED) is 0.607. The van der Waals surface area contributed by atoms with Gasteiger partial charge in [0.2, 0.25) is 5.95 Å². The largest absolute Gasteiger partial charge is 0.348 e. The Labute approximate surface area is 171 Å². The molecule has 1 saturated carbocycles. The zero-order valence-corrected chi connectivity index (χ0v) is 16.9. The van der Waals surface area contributed by atoms with E-state index < -0.39 is 0 Å². The Bertz CT molecular complexity index is 985. The summed E-state index contributed by atoms with van der Waals surface area (Å²) in [7, 11) is 0. The van der Waals surface area contributed by atoms with E-state index in [0.717, 1.165) is 5.56 Å². The van der Waals surface area contributed by atoms with Crippen LogP contribution in [0.3, 0.4) is 0 Å². The molecule has 1 atom stereocenters. The van der Waals surface area contributed by atoms with Crippen LogP contribution in [0.2, 0.25) is 0 Å². The summed E-state index contributed by atoms with van der Waals surface area (Å²) < 4.78 is 0. The van der Waals surface area contributed by atoms with Crippen molar-refractivity contribution in [2.75, 3.05) is 16.8 Å². The van der Waals surface area contributed by atoms with Crippen LogP contribution in [0.5, 0.6) is 0 Å². The Hall–Kier alpha value is -3.21. The maximum atomic E-state index is 13.2. The zero-order valence-electron chi connectivity index (χ0n) is 16.9. The Morgan fingerprint density at radius 3 is 2.66 bits per heavy atom. The summed E-state index contributed by atoms with van der Waals surface area (Å²) in [5, 5.41) is 3.33. The molecule has 0 radical (unpaired) electrons. The molecule has 1 amide bonds. The molecule has 0 bridgehead atoms. The third kappa shape index (κ3) is 4.45. The molecule has 5 nitrogen and oxygen atoms in total. The van der Waals surface area contributed by atoms with Crippen LogP contribution in [0.4, 0.5) is 11.8 Å². The lowest BCUT2D eigenvalue weighted by Gasteiger charge is -2.21. The number of anilines is 2. The van der Waals surface area contributed by atoms with Gasteiger partial charge in [0.15, 0.2) is 0 Å². The molecule has 1 heterocycles. The summed E-state index contributed by atoms with van der Waals surface area (Å²) in [6.07, 6.45) is 4.13. The van der Waals surface area contributed by atoms with Crippen molar-refractivity contribution in [2.45, 2.75) is 38.6 Å². The van der Waals surface area contributed by atoms with Gasteiger partial charge >= 0.3 is 0 Å². The van der Waals surface area contributed by atoms with Crippen molar-refractivity contribution in [3.63, 3.8) is 0 Å². The molecule has 0 unspecified atom stereocenters. The summed E-state index contributed by atoms with van der Waals surface area (Å²) >= 11 is 0. The molecule has 3 aromatic rings. The Morgan fingerprint density at radius 2 is 1.93 bits per heavy atom. The lowest BCUT2D eigenvalue weighted by Crippen LogP contribution is -2.31. The second-order valence-corrected chi connectivity index (χ2v) is 7.46. The van der Waals surface area contributed by atoms with Gasteiger partial charge in [-0.1, -0.05) is 42.5 Å². The Balaban J connectivity index is 1.54. The lowest BCUT2D eigenvalue weighted by molar-refractivity contribution is 0.0987. The van der Waals surface area contributed by atoms with E-state index in [0.29, 0.717) is 29.8 Å². The van der Waals surface area contributed by atoms with Gasteiger partial charge < -0.3 is 5.32 Å². The second kappa shape index (κ2) is 8.43. The van der Waals surface area contributed by atoms with Crippen molar-refractivity contribution in [3.05, 3.63) is 83.6 Å². The average Bonchev–Trinajstić information content (AvgIpc) is 3.61. The van der Waals surface area contributed by atoms with Gasteiger partial charge in [0.25, 0.3) is 5.91 Å². The average molecular weight is 386 g/mol. The molecular weight excluding hydrogens is 360 g/mol. The topological polar surface area (TPSA) is 58.1 Å². The monoisotopic (exact) mass is 386 g/mol. The van der Waals surface area contributed by atoms with Crippen LogP contribution in [-0.2, 0) is 0 Å². The van der Waals surface area contributed by atoms with Crippen LogP contribution in [0.25, 0.3) is 0 Å². The number of nitrogens with one attached hydrogen (secondary N) is 1. The van der Waals surface area contributed by atoms with Gasteiger partial charge in [0, 0.05) is 18.3 Å². The molecule has 4 rings (SSSR count). The maximum Gasteiger partial charge on any atom is 0.259 e. The van der Waals surface area contributed by atoms with Crippen molar-refractivity contribution in [1.82, 2.24) is 9.97 Å². The van der Waals surface area contributed by atoms with Crippen LogP contribution in [0, 0.1) is 0 Å². The van der Waals surface area contributed by atoms with Crippen molar-refractivity contribution in [1.29, 1.82) is 0 Å². The highest BCUT2D eigenvalue weighted by molar-refractivity contribution is 6.05. The van der Waals surface area contributed by atoms with E-state index in [1.807, 2.05) is 43.3 Å². The van der Waals surface area contributed by atoms with Gasteiger partial charge in [0.1, 0.15) is 5.82 Å². The molecule has 0 spiro atoms. The van der Waals surface area contributed by atoms with Crippen LogP contribution < -0.4 is 10.2 Å². The summed E-state index contributed by atoms with van der Waals surface area (Å²) in [5.41, 5.74) is 3.12. The first kappa shape index (κ1) is 19.1. The SMILES string of the molecule is CCN(C(=O)c1cccc(C2CC2)c1)c1ccnc(N[C@H](C)c2ccccc2)n1. The predicted octanol–water partition coefficient (Wildman–Crippen LogP) is 5.19. The van der Waals surface area contributed by atoms with Crippen LogP contribution in [0.1, 0.15) is 60.1 Å². The van der Waals surface area contributed by atoms with Crippen molar-refractivity contribution in [3.8, 4) is 0 Å². The molecule has 5 heteroatoms. The van der Waals surface area contributed by atoms with Crippen molar-refractivity contribution < 1.29 is 4.79 Å². The van der Waals surface area contributed by atoms with E-state index in [-0.39, 0.29) is 11.9 Å². The first-order valence-corrected chi connectivity index (χ1v) is 10.2. The lowest BCUT2D eigenvalue weighted by atomic mass is 10.1. The minimum atomic E-state index is -0.0317. The molecule has 1 N–H and O–H groups in total. The Morgan fingerprint density at radius 1 is 1.14 bits per heavy atom. The first-order chi connectivity index (χ1) is 14.2. The smallest absolute Gasteiger partial charge is 0.259 e. The summed E-state index contributed by atoms with van der Waals surface area (Å²) in [4.78, 5) is 23.8. The number of carbonyl (C=O) groups is 1. The molecule has 148 valence electrons. The molecule has 2 aromatic carbocycles. The third-order valence-corrected chi connectivity index (χ3v) is 5.31. The minimum Gasteiger partial charge on any atom is -0.348 e. The Kier molecular flexibility index (Phi) is 5.56. The standard InChI is InChI=1S/C24H26N4O/c1-3-28(23(29)21-11-7-10-20(16-21)19-12-13-19)22-14-15-25-24(27-22)26-17(2)18-8-5-4-6-9-18/h4-11,14-17,19H,3,12-13H2,1-2H3,(H,25,26,27)/t17-/m1/s1. The van der Waals surface area contributed by atoms with Crippen LogP contribution in [-0.4, -0.2) is 22.4 Å². The van der Waals surface area contributed by atoms with E-state index in [1.54, 1.807) is 17.2 Å². The fraction of sp³-hybridized carbons (Fsp3) is 0.292. The molecule has 1 aliphatic rings. The molecular formula is C24H26N4O. The minimum absolute atomic E-state index is 0.0317. The summed E-state index contributed by atoms with van der Waals surface area (Å²) in [6.45, 7) is 4.57. The van der Waals surface area contributed by atoms with Gasteiger partial charge in [-0.15, -0.1) is 0 Å². The number of amides is 1. The van der Waals surface area contributed by atoms with Gasteiger partial charge in [-0.05, 0) is 61.9 Å². The highest BCUT2D eigenvalue weighted by Crippen LogP contribution is 2.40. The number of benzene rings is 2. The van der Waals surface area contributed by atoms with E-state index in [2.05, 4.69) is 40.4 Å². The van der Waals surface area contributed by atoms with E-state index in [9.17, 15) is 4.79 Å². The number of hydrogen-bond acceptors (Lipinski definition) is 4. The zero-order chi connectivity index (χ0) is 20.2. The van der Waals surface area contributed by atoms with Crippen molar-refractivity contribution in [2.24, 2.45) is 0 Å². The summed E-state index contributed by atoms with van der Waals surface area (Å²) in [5.74, 6) is 1.70. The predicted molar refractivity (Wildman–Crippen MR) is 116 cm³/mol. The number of rotatable bonds is 7. The van der Waals surface area contributed by atoms with Gasteiger partial charge in [0.05, 0.1) is 6.04 Å². The third-order valence-electron chi connectivity index (χ3n) is 5.31. The molecule has 1 fully saturated rings. The normalized spacial score (nSPS) is 14.3. The van der Waals surface area contributed by atoms with E-state index in [1.165, 1.54) is 18.4 Å². The summed E-state index contributed by atoms with van der Waals surface area (Å²) in [6, 6.07) is 20.0. The fourth-order valence-corrected chi connectivity index (χ4v) is 3.50. The number of carbonyl (C=O) groups excluding carboxylic acids is 1. The van der Waals surface area contributed by atoms with Crippen LogP contribution >= 0.6 is 0 Å². The van der Waals surface area contributed by atoms with Gasteiger partial charge in [-0.3, -0.25) is 9.69 Å². The molecule has 0 aliphatic heterocycles. The molecule has 29 heavy (non-hydrogen) atoms. The molecule has 1 aliphatic carbocycles. The number of hydrogen-bond donors (Lipinski definition) is 1. The van der Waals surface area contributed by atoms with E-state index >= 15 is 0 Å². The number of aromatic nitrogens is 2. The highest BCUT2D eigenvalue weighted by atomic mass is 16.2. The highest BCUT2D eigenvalue weighted by Gasteiger charge is 2.25. The maximum absolute atomic E-state index is 13.2. The second-order valence-electron chi connectivity index (χ2n) is 7.46.